The zero-order chi connectivity index (χ0) is 12.1. The van der Waals surface area contributed by atoms with Crippen LogP contribution in [0.3, 0.4) is 0 Å². The van der Waals surface area contributed by atoms with Crippen LogP contribution in [-0.2, 0) is 6.42 Å². The minimum atomic E-state index is 0.0784. The average Bonchev–Trinajstić information content (AvgIpc) is 2.40. The number of hydrogen-bond donors (Lipinski definition) is 1. The summed E-state index contributed by atoms with van der Waals surface area (Å²) in [5, 5.41) is 9.25. The maximum Gasteiger partial charge on any atom is 0.118 e. The van der Waals surface area contributed by atoms with Gasteiger partial charge in [0.15, 0.2) is 0 Å². The molecule has 1 aliphatic rings. The fourth-order valence-electron chi connectivity index (χ4n) is 1.97. The predicted octanol–water partition coefficient (Wildman–Crippen LogP) is 2.00. The first kappa shape index (κ1) is 11.9. The molecule has 90 valence electrons. The minimum absolute atomic E-state index is 0.0784. The first-order valence-electron chi connectivity index (χ1n) is 5.78. The van der Waals surface area contributed by atoms with Gasteiger partial charge >= 0.3 is 0 Å². The topological polar surface area (TPSA) is 41.8 Å². The summed E-state index contributed by atoms with van der Waals surface area (Å²) >= 11 is 0. The molecule has 1 aliphatic heterocycles. The van der Waals surface area contributed by atoms with Crippen molar-refractivity contribution in [3.05, 3.63) is 41.0 Å². The molecule has 0 fully saturated rings. The summed E-state index contributed by atoms with van der Waals surface area (Å²) in [6.07, 6.45) is 3.62. The molecule has 0 aliphatic carbocycles. The smallest absolute Gasteiger partial charge is 0.118 e. The number of nitrogens with zero attached hydrogens (tertiary/aromatic N) is 1. The number of dihydropyridines is 1. The molecule has 17 heavy (non-hydrogen) atoms. The lowest BCUT2D eigenvalue weighted by Gasteiger charge is -2.14. The maximum absolute atomic E-state index is 9.25. The van der Waals surface area contributed by atoms with Gasteiger partial charge in [0.1, 0.15) is 5.75 Å². The molecule has 1 heterocycles. The van der Waals surface area contributed by atoms with Gasteiger partial charge in [-0.2, -0.15) is 0 Å². The van der Waals surface area contributed by atoms with E-state index in [2.05, 4.69) is 17.1 Å². The molecule has 0 saturated carbocycles. The van der Waals surface area contributed by atoms with Gasteiger partial charge in [-0.3, -0.25) is 4.99 Å². The van der Waals surface area contributed by atoms with Gasteiger partial charge in [-0.25, -0.2) is 0 Å². The number of rotatable bonds is 4. The van der Waals surface area contributed by atoms with Crippen LogP contribution in [0.2, 0.25) is 0 Å². The molecule has 0 bridgehead atoms. The summed E-state index contributed by atoms with van der Waals surface area (Å²) in [5.41, 5.74) is 3.49. The Morgan fingerprint density at radius 1 is 1.29 bits per heavy atom. The Labute approximate surface area is 101 Å². The van der Waals surface area contributed by atoms with Gasteiger partial charge in [0.25, 0.3) is 0 Å². The van der Waals surface area contributed by atoms with Crippen molar-refractivity contribution < 1.29 is 9.84 Å². The Kier molecular flexibility index (Phi) is 3.94. The van der Waals surface area contributed by atoms with E-state index in [1.807, 2.05) is 12.1 Å². The van der Waals surface area contributed by atoms with E-state index in [0.717, 1.165) is 30.7 Å². The highest BCUT2D eigenvalue weighted by atomic mass is 16.5. The molecule has 0 atom stereocenters. The van der Waals surface area contributed by atoms with Crippen molar-refractivity contribution in [1.82, 2.24) is 0 Å². The maximum atomic E-state index is 9.25. The van der Waals surface area contributed by atoms with E-state index < -0.39 is 0 Å². The quantitative estimate of drug-likeness (QED) is 0.861. The van der Waals surface area contributed by atoms with Crippen molar-refractivity contribution in [2.24, 2.45) is 4.99 Å². The fraction of sp³-hybridized carbons (Fsp3) is 0.357. The number of aliphatic imine (C=N–C) groups is 1. The highest BCUT2D eigenvalue weighted by molar-refractivity contribution is 5.81. The molecule has 2 rings (SSSR count). The molecule has 0 saturated heterocycles. The van der Waals surface area contributed by atoms with Crippen LogP contribution in [0.15, 0.2) is 40.4 Å². The van der Waals surface area contributed by atoms with Gasteiger partial charge in [-0.1, -0.05) is 17.7 Å². The molecule has 0 amide bonds. The Balaban J connectivity index is 2.13. The summed E-state index contributed by atoms with van der Waals surface area (Å²) in [7, 11) is 1.67. The monoisotopic (exact) mass is 231 g/mol. The van der Waals surface area contributed by atoms with Crippen molar-refractivity contribution >= 4 is 6.21 Å². The summed E-state index contributed by atoms with van der Waals surface area (Å²) in [6, 6.07) is 8.05. The lowest BCUT2D eigenvalue weighted by atomic mass is 9.96. The minimum Gasteiger partial charge on any atom is -0.497 e. The van der Waals surface area contributed by atoms with Gasteiger partial charge < -0.3 is 9.84 Å². The van der Waals surface area contributed by atoms with Gasteiger partial charge in [-0.15, -0.1) is 0 Å². The van der Waals surface area contributed by atoms with Crippen LogP contribution in [0, 0.1) is 0 Å². The standard InChI is InChI=1S/C14H17NO2/c1-17-14-4-2-11(3-5-14)8-12-6-7-15-9-13(12)10-16/h2-5,9,16H,6-8,10H2,1H3. The number of aliphatic hydroxyl groups excluding tert-OH is 1. The number of benzene rings is 1. The predicted molar refractivity (Wildman–Crippen MR) is 68.8 cm³/mol. The molecule has 3 nitrogen and oxygen atoms in total. The molecular weight excluding hydrogens is 214 g/mol. The van der Waals surface area contributed by atoms with Crippen LogP contribution in [0.4, 0.5) is 0 Å². The molecule has 0 aromatic heterocycles. The van der Waals surface area contributed by atoms with E-state index in [-0.39, 0.29) is 6.61 Å². The Morgan fingerprint density at radius 2 is 2.06 bits per heavy atom. The SMILES string of the molecule is COc1ccc(CC2=C(CO)C=NCC2)cc1. The number of ether oxygens (including phenoxy) is 1. The van der Waals surface area contributed by atoms with E-state index in [0.29, 0.717) is 0 Å². The van der Waals surface area contributed by atoms with Crippen LogP contribution >= 0.6 is 0 Å². The molecule has 1 N–H and O–H groups in total. The lowest BCUT2D eigenvalue weighted by Crippen LogP contribution is -2.08. The molecule has 3 heteroatoms. The van der Waals surface area contributed by atoms with Gasteiger partial charge in [0, 0.05) is 12.8 Å². The van der Waals surface area contributed by atoms with E-state index in [4.69, 9.17) is 4.74 Å². The normalized spacial score (nSPS) is 15.2. The summed E-state index contributed by atoms with van der Waals surface area (Å²) < 4.78 is 5.13. The molecule has 0 radical (unpaired) electrons. The van der Waals surface area contributed by atoms with Crippen LogP contribution in [0.25, 0.3) is 0 Å². The summed E-state index contributed by atoms with van der Waals surface area (Å²) in [4.78, 5) is 4.19. The van der Waals surface area contributed by atoms with Crippen LogP contribution in [0.5, 0.6) is 5.75 Å². The van der Waals surface area contributed by atoms with Crippen LogP contribution in [-0.4, -0.2) is 31.6 Å². The van der Waals surface area contributed by atoms with Gasteiger partial charge in [0.05, 0.1) is 13.7 Å². The fourth-order valence-corrected chi connectivity index (χ4v) is 1.97. The van der Waals surface area contributed by atoms with E-state index in [1.165, 1.54) is 11.1 Å². The number of methoxy groups -OCH3 is 1. The third kappa shape index (κ3) is 2.94. The third-order valence-electron chi connectivity index (χ3n) is 2.99. The zero-order valence-corrected chi connectivity index (χ0v) is 10.0. The first-order chi connectivity index (χ1) is 8.33. The Bertz CT molecular complexity index is 432. The van der Waals surface area contributed by atoms with Crippen LogP contribution in [0.1, 0.15) is 12.0 Å². The lowest BCUT2D eigenvalue weighted by molar-refractivity contribution is 0.335. The van der Waals surface area contributed by atoms with E-state index >= 15 is 0 Å². The number of aliphatic hydroxyl groups is 1. The van der Waals surface area contributed by atoms with Crippen molar-refractivity contribution in [3.63, 3.8) is 0 Å². The Hall–Kier alpha value is -1.61. The first-order valence-corrected chi connectivity index (χ1v) is 5.78. The second kappa shape index (κ2) is 5.64. The highest BCUT2D eigenvalue weighted by Gasteiger charge is 2.09. The summed E-state index contributed by atoms with van der Waals surface area (Å²) in [5.74, 6) is 0.871. The molecular formula is C14H17NO2. The van der Waals surface area contributed by atoms with Crippen molar-refractivity contribution in [3.8, 4) is 5.75 Å². The summed E-state index contributed by atoms with van der Waals surface area (Å²) in [6.45, 7) is 0.907. The molecule has 1 aromatic carbocycles. The largest absolute Gasteiger partial charge is 0.497 e. The second-order valence-corrected chi connectivity index (χ2v) is 4.10. The average molecular weight is 231 g/mol. The van der Waals surface area contributed by atoms with Crippen LogP contribution < -0.4 is 4.74 Å². The zero-order valence-electron chi connectivity index (χ0n) is 10.0. The van der Waals surface area contributed by atoms with Crippen molar-refractivity contribution in [1.29, 1.82) is 0 Å². The third-order valence-corrected chi connectivity index (χ3v) is 2.99. The van der Waals surface area contributed by atoms with Crippen molar-refractivity contribution in [2.75, 3.05) is 20.3 Å². The van der Waals surface area contributed by atoms with E-state index in [1.54, 1.807) is 13.3 Å². The molecule has 0 spiro atoms. The molecule has 1 aromatic rings. The Morgan fingerprint density at radius 3 is 2.71 bits per heavy atom. The van der Waals surface area contributed by atoms with Gasteiger partial charge in [0.2, 0.25) is 0 Å². The van der Waals surface area contributed by atoms with E-state index in [9.17, 15) is 5.11 Å². The second-order valence-electron chi connectivity index (χ2n) is 4.10. The number of hydrogen-bond acceptors (Lipinski definition) is 3. The van der Waals surface area contributed by atoms with Gasteiger partial charge in [-0.05, 0) is 36.1 Å². The highest BCUT2D eigenvalue weighted by Crippen LogP contribution is 2.19. The molecule has 0 unspecified atom stereocenters. The van der Waals surface area contributed by atoms with Crippen molar-refractivity contribution in [2.45, 2.75) is 12.8 Å².